The number of carbonyl (C=O) groups is 3. The molecule has 160 valence electrons. The summed E-state index contributed by atoms with van der Waals surface area (Å²) in [4.78, 5) is 37.7. The van der Waals surface area contributed by atoms with E-state index in [1.54, 1.807) is 29.2 Å². The van der Waals surface area contributed by atoms with Crippen molar-refractivity contribution in [1.82, 2.24) is 10.2 Å². The van der Waals surface area contributed by atoms with E-state index >= 15 is 0 Å². The van der Waals surface area contributed by atoms with Gasteiger partial charge < -0.3 is 25.0 Å². The third kappa shape index (κ3) is 7.63. The summed E-state index contributed by atoms with van der Waals surface area (Å²) >= 11 is 0. The first-order valence-electron chi connectivity index (χ1n) is 9.96. The van der Waals surface area contributed by atoms with Crippen molar-refractivity contribution in [2.24, 2.45) is 5.92 Å². The van der Waals surface area contributed by atoms with Crippen LogP contribution in [-0.4, -0.2) is 54.6 Å². The highest BCUT2D eigenvalue weighted by Crippen LogP contribution is 2.22. The molecular weight excluding hydrogens is 374 g/mol. The maximum Gasteiger partial charge on any atom is 0.410 e. The van der Waals surface area contributed by atoms with Crippen molar-refractivity contribution in [3.8, 4) is 5.75 Å². The summed E-state index contributed by atoms with van der Waals surface area (Å²) in [5.41, 5.74) is 0.135. The molecule has 1 aromatic rings. The summed E-state index contributed by atoms with van der Waals surface area (Å²) < 4.78 is 10.8. The molecule has 3 amide bonds. The van der Waals surface area contributed by atoms with Crippen molar-refractivity contribution in [3.05, 3.63) is 24.3 Å². The van der Waals surface area contributed by atoms with Crippen LogP contribution in [0.2, 0.25) is 0 Å². The Morgan fingerprint density at radius 3 is 2.28 bits per heavy atom. The van der Waals surface area contributed by atoms with Crippen LogP contribution >= 0.6 is 0 Å². The normalized spacial score (nSPS) is 14.8. The van der Waals surface area contributed by atoms with Crippen molar-refractivity contribution >= 4 is 23.6 Å². The van der Waals surface area contributed by atoms with E-state index in [0.717, 1.165) is 0 Å². The van der Waals surface area contributed by atoms with Gasteiger partial charge in [-0.2, -0.15) is 0 Å². The minimum absolute atomic E-state index is 0.0459. The van der Waals surface area contributed by atoms with Crippen LogP contribution < -0.4 is 15.4 Å². The molecule has 0 radical (unpaired) electrons. The second-order valence-corrected chi connectivity index (χ2v) is 8.00. The standard InChI is InChI=1S/C21H31N3O5/c1-5-22-18(25)14-28-17-8-6-16(7-9-17)23-19(26)15-10-12-24(13-11-15)20(27)29-21(2,3)4/h6-9,15H,5,10-14H2,1-4H3,(H,22,25)(H,23,26). The zero-order valence-electron chi connectivity index (χ0n) is 17.6. The molecule has 0 spiro atoms. The van der Waals surface area contributed by atoms with E-state index in [4.69, 9.17) is 9.47 Å². The van der Waals surface area contributed by atoms with Gasteiger partial charge in [-0.1, -0.05) is 0 Å². The van der Waals surface area contributed by atoms with E-state index < -0.39 is 5.60 Å². The smallest absolute Gasteiger partial charge is 0.410 e. The number of benzene rings is 1. The van der Waals surface area contributed by atoms with Crippen LogP contribution in [0, 0.1) is 5.92 Å². The molecule has 8 nitrogen and oxygen atoms in total. The Hall–Kier alpha value is -2.77. The fourth-order valence-corrected chi connectivity index (χ4v) is 2.93. The zero-order chi connectivity index (χ0) is 21.4. The predicted molar refractivity (Wildman–Crippen MR) is 110 cm³/mol. The van der Waals surface area contributed by atoms with Gasteiger partial charge in [-0.3, -0.25) is 9.59 Å². The summed E-state index contributed by atoms with van der Waals surface area (Å²) in [6, 6.07) is 6.89. The summed E-state index contributed by atoms with van der Waals surface area (Å²) in [5.74, 6) is 0.162. The molecule has 1 aliphatic heterocycles. The Bertz CT molecular complexity index is 704. The Kier molecular flexibility index (Phi) is 7.87. The predicted octanol–water partition coefficient (Wildman–Crippen LogP) is 2.79. The highest BCUT2D eigenvalue weighted by molar-refractivity contribution is 5.92. The highest BCUT2D eigenvalue weighted by Gasteiger charge is 2.29. The van der Waals surface area contributed by atoms with Crippen molar-refractivity contribution in [1.29, 1.82) is 0 Å². The van der Waals surface area contributed by atoms with Crippen molar-refractivity contribution in [2.45, 2.75) is 46.1 Å². The fraction of sp³-hybridized carbons (Fsp3) is 0.571. The number of amides is 3. The molecule has 1 fully saturated rings. The molecule has 1 saturated heterocycles. The van der Waals surface area contributed by atoms with Gasteiger partial charge in [-0.05, 0) is 64.8 Å². The first kappa shape index (κ1) is 22.5. The van der Waals surface area contributed by atoms with E-state index in [9.17, 15) is 14.4 Å². The summed E-state index contributed by atoms with van der Waals surface area (Å²) in [5, 5.41) is 5.56. The average molecular weight is 405 g/mol. The number of ether oxygens (including phenoxy) is 2. The van der Waals surface area contributed by atoms with Crippen LogP contribution in [-0.2, 0) is 14.3 Å². The minimum Gasteiger partial charge on any atom is -0.484 e. The number of likely N-dealkylation sites (tertiary alicyclic amines) is 1. The van der Waals surface area contributed by atoms with Crippen LogP contribution in [0.3, 0.4) is 0 Å². The third-order valence-electron chi connectivity index (χ3n) is 4.38. The van der Waals surface area contributed by atoms with Crippen molar-refractivity contribution in [3.63, 3.8) is 0 Å². The molecule has 0 aromatic heterocycles. The van der Waals surface area contributed by atoms with Gasteiger partial charge >= 0.3 is 6.09 Å². The van der Waals surface area contributed by atoms with Crippen molar-refractivity contribution in [2.75, 3.05) is 31.6 Å². The Balaban J connectivity index is 1.78. The molecule has 2 N–H and O–H groups in total. The second kappa shape index (κ2) is 10.1. The van der Waals surface area contributed by atoms with E-state index in [1.807, 2.05) is 27.7 Å². The van der Waals surface area contributed by atoms with Crippen LogP contribution in [0.15, 0.2) is 24.3 Å². The third-order valence-corrected chi connectivity index (χ3v) is 4.38. The van der Waals surface area contributed by atoms with Crippen LogP contribution in [0.25, 0.3) is 0 Å². The fourth-order valence-electron chi connectivity index (χ4n) is 2.93. The number of hydrogen-bond acceptors (Lipinski definition) is 5. The number of likely N-dealkylation sites (N-methyl/N-ethyl adjacent to an activating group) is 1. The van der Waals surface area contributed by atoms with E-state index in [-0.39, 0.29) is 30.4 Å². The Morgan fingerprint density at radius 2 is 1.72 bits per heavy atom. The topological polar surface area (TPSA) is 97.0 Å². The number of rotatable bonds is 6. The van der Waals surface area contributed by atoms with Crippen LogP contribution in [0.1, 0.15) is 40.5 Å². The molecule has 2 rings (SSSR count). The van der Waals surface area contributed by atoms with E-state index in [2.05, 4.69) is 10.6 Å². The number of nitrogens with one attached hydrogen (secondary N) is 2. The lowest BCUT2D eigenvalue weighted by atomic mass is 9.96. The first-order valence-corrected chi connectivity index (χ1v) is 9.96. The molecular formula is C21H31N3O5. The number of nitrogens with zero attached hydrogens (tertiary/aromatic N) is 1. The molecule has 1 heterocycles. The maximum atomic E-state index is 12.5. The molecule has 0 bridgehead atoms. The maximum absolute atomic E-state index is 12.5. The summed E-state index contributed by atoms with van der Waals surface area (Å²) in [7, 11) is 0. The van der Waals surface area contributed by atoms with Gasteiger partial charge in [0.1, 0.15) is 11.4 Å². The van der Waals surface area contributed by atoms with Gasteiger partial charge in [-0.25, -0.2) is 4.79 Å². The van der Waals surface area contributed by atoms with E-state index in [0.29, 0.717) is 43.9 Å². The number of piperidine rings is 1. The first-order chi connectivity index (χ1) is 13.7. The van der Waals surface area contributed by atoms with Crippen LogP contribution in [0.5, 0.6) is 5.75 Å². The largest absolute Gasteiger partial charge is 0.484 e. The SMILES string of the molecule is CCNC(=O)COc1ccc(NC(=O)C2CCN(C(=O)OC(C)(C)C)CC2)cc1. The molecule has 29 heavy (non-hydrogen) atoms. The van der Waals surface area contributed by atoms with Gasteiger partial charge in [0.2, 0.25) is 5.91 Å². The molecule has 8 heteroatoms. The number of anilines is 1. The summed E-state index contributed by atoms with van der Waals surface area (Å²) in [6.45, 7) is 8.86. The molecule has 0 aliphatic carbocycles. The van der Waals surface area contributed by atoms with Crippen molar-refractivity contribution < 1.29 is 23.9 Å². The lowest BCUT2D eigenvalue weighted by Gasteiger charge is -2.32. The lowest BCUT2D eigenvalue weighted by Crippen LogP contribution is -2.43. The van der Waals surface area contributed by atoms with Gasteiger partial charge in [0.15, 0.2) is 6.61 Å². The lowest BCUT2D eigenvalue weighted by molar-refractivity contribution is -0.123. The highest BCUT2D eigenvalue weighted by atomic mass is 16.6. The average Bonchev–Trinajstić information content (AvgIpc) is 2.66. The molecule has 0 saturated carbocycles. The molecule has 0 unspecified atom stereocenters. The minimum atomic E-state index is -0.527. The van der Waals surface area contributed by atoms with Crippen LogP contribution in [0.4, 0.5) is 10.5 Å². The number of hydrogen-bond donors (Lipinski definition) is 2. The summed E-state index contributed by atoms with van der Waals surface area (Å²) in [6.07, 6.45) is 0.858. The Morgan fingerprint density at radius 1 is 1.10 bits per heavy atom. The Labute approximate surface area is 171 Å². The van der Waals surface area contributed by atoms with Gasteiger partial charge in [0, 0.05) is 31.2 Å². The van der Waals surface area contributed by atoms with E-state index in [1.165, 1.54) is 0 Å². The zero-order valence-corrected chi connectivity index (χ0v) is 17.6. The second-order valence-electron chi connectivity index (χ2n) is 8.00. The quantitative estimate of drug-likeness (QED) is 0.759. The van der Waals surface area contributed by atoms with Gasteiger partial charge in [0.05, 0.1) is 0 Å². The molecule has 0 atom stereocenters. The molecule has 1 aliphatic rings. The van der Waals surface area contributed by atoms with Gasteiger partial charge in [0.25, 0.3) is 5.91 Å². The van der Waals surface area contributed by atoms with Gasteiger partial charge in [-0.15, -0.1) is 0 Å². The molecule has 1 aromatic carbocycles. The monoisotopic (exact) mass is 405 g/mol. The number of carbonyl (C=O) groups excluding carboxylic acids is 3.